The summed E-state index contributed by atoms with van der Waals surface area (Å²) in [6.45, 7) is 3.65. The lowest BCUT2D eigenvalue weighted by Gasteiger charge is -2.37. The molecule has 0 saturated carbocycles. The predicted molar refractivity (Wildman–Crippen MR) is 89.3 cm³/mol. The monoisotopic (exact) mass is 318 g/mol. The molecule has 23 heavy (non-hydrogen) atoms. The van der Waals surface area contributed by atoms with Crippen LogP contribution in [0.1, 0.15) is 25.3 Å². The van der Waals surface area contributed by atoms with Gasteiger partial charge in [0.25, 0.3) is 0 Å². The first kappa shape index (κ1) is 17.4. The predicted octanol–water partition coefficient (Wildman–Crippen LogP) is 0.174. The number of hydrogen-bond donors (Lipinski definition) is 3. The lowest BCUT2D eigenvalue weighted by molar-refractivity contribution is -0.140. The molecule has 6 heteroatoms. The largest absolute Gasteiger partial charge is 0.355 e. The number of rotatable bonds is 5. The van der Waals surface area contributed by atoms with Crippen molar-refractivity contribution in [3.05, 3.63) is 35.9 Å². The molecule has 0 spiro atoms. The van der Waals surface area contributed by atoms with Crippen molar-refractivity contribution in [2.45, 2.75) is 25.3 Å². The van der Waals surface area contributed by atoms with Crippen molar-refractivity contribution in [3.8, 4) is 0 Å². The second-order valence-electron chi connectivity index (χ2n) is 6.24. The quantitative estimate of drug-likeness (QED) is 0.720. The number of likely N-dealkylation sites (tertiary alicyclic amines) is 1. The molecule has 1 aliphatic rings. The van der Waals surface area contributed by atoms with Gasteiger partial charge in [-0.2, -0.15) is 0 Å². The zero-order chi connectivity index (χ0) is 16.9. The van der Waals surface area contributed by atoms with E-state index in [-0.39, 0.29) is 17.7 Å². The highest BCUT2D eigenvalue weighted by atomic mass is 16.2. The number of benzene rings is 1. The van der Waals surface area contributed by atoms with Gasteiger partial charge >= 0.3 is 0 Å². The smallest absolute Gasteiger partial charge is 0.246 e. The summed E-state index contributed by atoms with van der Waals surface area (Å²) in [5.74, 6) is -0.364. The van der Waals surface area contributed by atoms with E-state index in [1.807, 2.05) is 30.3 Å². The number of nitrogens with two attached hydrogens (primary N) is 2. The second kappa shape index (κ2) is 7.57. The lowest BCUT2D eigenvalue weighted by atomic mass is 9.89. The van der Waals surface area contributed by atoms with Gasteiger partial charge in [-0.25, -0.2) is 0 Å². The van der Waals surface area contributed by atoms with Gasteiger partial charge in [0.15, 0.2) is 0 Å². The standard InChI is InChI=1S/C17H26N4O2/c1-17(19,14-7-3-2-4-8-14)16(23)21-11-5-6-13(12-21)15(22)20-10-9-18/h2-4,7-8,13H,5-6,9-12,18-19H2,1H3,(H,20,22). The fourth-order valence-corrected chi connectivity index (χ4v) is 2.95. The highest BCUT2D eigenvalue weighted by Crippen LogP contribution is 2.24. The summed E-state index contributed by atoms with van der Waals surface area (Å²) in [5, 5.41) is 2.80. The van der Waals surface area contributed by atoms with Crippen LogP contribution in [0.2, 0.25) is 0 Å². The highest BCUT2D eigenvalue weighted by molar-refractivity contribution is 5.88. The highest BCUT2D eigenvalue weighted by Gasteiger charge is 2.37. The minimum absolute atomic E-state index is 0.0358. The minimum Gasteiger partial charge on any atom is -0.355 e. The average Bonchev–Trinajstić information content (AvgIpc) is 2.59. The summed E-state index contributed by atoms with van der Waals surface area (Å²) in [5.41, 5.74) is 11.4. The number of nitrogens with one attached hydrogen (secondary N) is 1. The van der Waals surface area contributed by atoms with Crippen molar-refractivity contribution in [2.75, 3.05) is 26.2 Å². The van der Waals surface area contributed by atoms with Crippen molar-refractivity contribution in [1.82, 2.24) is 10.2 Å². The Morgan fingerprint density at radius 3 is 2.70 bits per heavy atom. The number of hydrogen-bond acceptors (Lipinski definition) is 4. The molecule has 0 aromatic heterocycles. The first-order chi connectivity index (χ1) is 11.0. The Morgan fingerprint density at radius 1 is 1.35 bits per heavy atom. The van der Waals surface area contributed by atoms with Crippen LogP contribution >= 0.6 is 0 Å². The molecule has 126 valence electrons. The van der Waals surface area contributed by atoms with E-state index < -0.39 is 5.54 Å². The van der Waals surface area contributed by atoms with Gasteiger partial charge in [-0.05, 0) is 25.3 Å². The molecule has 1 fully saturated rings. The van der Waals surface area contributed by atoms with Gasteiger partial charge in [-0.3, -0.25) is 9.59 Å². The van der Waals surface area contributed by atoms with Crippen LogP contribution in [-0.2, 0) is 15.1 Å². The molecule has 1 aromatic rings. The van der Waals surface area contributed by atoms with E-state index in [1.165, 1.54) is 0 Å². The van der Waals surface area contributed by atoms with E-state index in [4.69, 9.17) is 11.5 Å². The van der Waals surface area contributed by atoms with Gasteiger partial charge in [0, 0.05) is 26.2 Å². The Hall–Kier alpha value is -1.92. The SMILES string of the molecule is CC(N)(C(=O)N1CCCC(C(=O)NCCN)C1)c1ccccc1. The van der Waals surface area contributed by atoms with Crippen LogP contribution in [0, 0.1) is 5.92 Å². The summed E-state index contributed by atoms with van der Waals surface area (Å²) in [6.07, 6.45) is 1.59. The third kappa shape index (κ3) is 4.09. The third-order valence-corrected chi connectivity index (χ3v) is 4.34. The van der Waals surface area contributed by atoms with E-state index in [0.717, 1.165) is 18.4 Å². The van der Waals surface area contributed by atoms with Crippen LogP contribution in [-0.4, -0.2) is 42.9 Å². The molecule has 2 unspecified atom stereocenters. The Bertz CT molecular complexity index is 545. The number of carbonyl (C=O) groups is 2. The van der Waals surface area contributed by atoms with Crippen LogP contribution in [0.25, 0.3) is 0 Å². The molecule has 1 heterocycles. The lowest BCUT2D eigenvalue weighted by Crippen LogP contribution is -2.55. The molecule has 1 aliphatic heterocycles. The Morgan fingerprint density at radius 2 is 2.04 bits per heavy atom. The van der Waals surface area contributed by atoms with Crippen LogP contribution in [0.4, 0.5) is 0 Å². The molecule has 2 rings (SSSR count). The number of amides is 2. The van der Waals surface area contributed by atoms with Crippen LogP contribution in [0.15, 0.2) is 30.3 Å². The molecule has 0 bridgehead atoms. The fraction of sp³-hybridized carbons (Fsp3) is 0.529. The van der Waals surface area contributed by atoms with E-state index in [9.17, 15) is 9.59 Å². The fourth-order valence-electron chi connectivity index (χ4n) is 2.95. The molecule has 1 saturated heterocycles. The Balaban J connectivity index is 2.05. The van der Waals surface area contributed by atoms with Crippen molar-refractivity contribution in [3.63, 3.8) is 0 Å². The van der Waals surface area contributed by atoms with Crippen molar-refractivity contribution in [2.24, 2.45) is 17.4 Å². The van der Waals surface area contributed by atoms with Gasteiger partial charge in [-0.15, -0.1) is 0 Å². The summed E-state index contributed by atoms with van der Waals surface area (Å²) in [6, 6.07) is 9.34. The maximum absolute atomic E-state index is 12.9. The molecule has 2 amide bonds. The zero-order valence-corrected chi connectivity index (χ0v) is 13.6. The van der Waals surface area contributed by atoms with Gasteiger partial charge in [0.05, 0.1) is 5.92 Å². The van der Waals surface area contributed by atoms with E-state index >= 15 is 0 Å². The van der Waals surface area contributed by atoms with Crippen LogP contribution in [0.5, 0.6) is 0 Å². The number of piperidine rings is 1. The van der Waals surface area contributed by atoms with Gasteiger partial charge in [0.2, 0.25) is 11.8 Å². The molecule has 1 aromatic carbocycles. The molecular formula is C17H26N4O2. The summed E-state index contributed by atoms with van der Waals surface area (Å²) in [4.78, 5) is 26.7. The Labute approximate surface area is 137 Å². The first-order valence-corrected chi connectivity index (χ1v) is 8.08. The zero-order valence-electron chi connectivity index (χ0n) is 13.6. The number of carbonyl (C=O) groups excluding carboxylic acids is 2. The summed E-state index contributed by atoms with van der Waals surface area (Å²) < 4.78 is 0. The van der Waals surface area contributed by atoms with E-state index in [1.54, 1.807) is 11.8 Å². The summed E-state index contributed by atoms with van der Waals surface area (Å²) >= 11 is 0. The van der Waals surface area contributed by atoms with Gasteiger partial charge < -0.3 is 21.7 Å². The summed E-state index contributed by atoms with van der Waals surface area (Å²) in [7, 11) is 0. The molecule has 6 nitrogen and oxygen atoms in total. The molecular weight excluding hydrogens is 292 g/mol. The van der Waals surface area contributed by atoms with E-state index in [0.29, 0.717) is 26.2 Å². The number of nitrogens with zero attached hydrogens (tertiary/aromatic N) is 1. The van der Waals surface area contributed by atoms with Crippen molar-refractivity contribution < 1.29 is 9.59 Å². The maximum atomic E-state index is 12.9. The maximum Gasteiger partial charge on any atom is 0.246 e. The molecule has 5 N–H and O–H groups in total. The molecule has 0 aliphatic carbocycles. The topological polar surface area (TPSA) is 101 Å². The normalized spacial score (nSPS) is 20.7. The van der Waals surface area contributed by atoms with Crippen molar-refractivity contribution >= 4 is 11.8 Å². The minimum atomic E-state index is -1.09. The van der Waals surface area contributed by atoms with Crippen LogP contribution in [0.3, 0.4) is 0 Å². The van der Waals surface area contributed by atoms with Crippen LogP contribution < -0.4 is 16.8 Å². The Kier molecular flexibility index (Phi) is 5.74. The van der Waals surface area contributed by atoms with Gasteiger partial charge in [0.1, 0.15) is 5.54 Å². The average molecular weight is 318 g/mol. The second-order valence-corrected chi connectivity index (χ2v) is 6.24. The molecule has 2 atom stereocenters. The third-order valence-electron chi connectivity index (χ3n) is 4.34. The first-order valence-electron chi connectivity index (χ1n) is 8.08. The van der Waals surface area contributed by atoms with Gasteiger partial charge in [-0.1, -0.05) is 30.3 Å². The van der Waals surface area contributed by atoms with Crippen molar-refractivity contribution in [1.29, 1.82) is 0 Å². The van der Waals surface area contributed by atoms with E-state index in [2.05, 4.69) is 5.32 Å². The molecule has 0 radical (unpaired) electrons.